The molecule has 1 heterocycles. The Morgan fingerprint density at radius 2 is 1.57 bits per heavy atom. The van der Waals surface area contributed by atoms with Crippen molar-refractivity contribution in [2.24, 2.45) is 0 Å². The molecule has 0 unspecified atom stereocenters. The standard InChI is InChI=1S/C20H23NO2/c22-19(23-16-11-17-7-3-1-4-8-17)20(12-14-21-15-13-20)18-9-5-2-6-10-18/h1-10,21H,11-16H2. The molecule has 1 saturated heterocycles. The van der Waals surface area contributed by atoms with Crippen molar-refractivity contribution >= 4 is 5.97 Å². The van der Waals surface area contributed by atoms with Crippen LogP contribution in [0.4, 0.5) is 0 Å². The highest BCUT2D eigenvalue weighted by Crippen LogP contribution is 2.34. The number of piperidine rings is 1. The second kappa shape index (κ2) is 7.42. The molecule has 2 aromatic carbocycles. The zero-order chi connectivity index (χ0) is 16.0. The van der Waals surface area contributed by atoms with Gasteiger partial charge in [-0.25, -0.2) is 0 Å². The largest absolute Gasteiger partial charge is 0.465 e. The molecule has 0 saturated carbocycles. The predicted octanol–water partition coefficient (Wildman–Crippen LogP) is 3.09. The average Bonchev–Trinajstić information content (AvgIpc) is 2.64. The van der Waals surface area contributed by atoms with E-state index in [0.717, 1.165) is 37.9 Å². The van der Waals surface area contributed by atoms with Gasteiger partial charge in [0.25, 0.3) is 0 Å². The molecule has 23 heavy (non-hydrogen) atoms. The van der Waals surface area contributed by atoms with Gasteiger partial charge in [0, 0.05) is 6.42 Å². The molecule has 120 valence electrons. The van der Waals surface area contributed by atoms with Crippen molar-refractivity contribution in [3.8, 4) is 0 Å². The number of esters is 1. The summed E-state index contributed by atoms with van der Waals surface area (Å²) < 4.78 is 5.68. The number of carbonyl (C=O) groups is 1. The minimum Gasteiger partial charge on any atom is -0.465 e. The second-order valence-electron chi connectivity index (χ2n) is 6.07. The number of hydrogen-bond acceptors (Lipinski definition) is 3. The molecule has 0 atom stereocenters. The zero-order valence-electron chi connectivity index (χ0n) is 13.3. The quantitative estimate of drug-likeness (QED) is 0.863. The Kier molecular flexibility index (Phi) is 5.09. The van der Waals surface area contributed by atoms with Crippen LogP contribution in [0.3, 0.4) is 0 Å². The van der Waals surface area contributed by atoms with Gasteiger partial charge in [0.05, 0.1) is 12.0 Å². The average molecular weight is 309 g/mol. The Balaban J connectivity index is 1.69. The van der Waals surface area contributed by atoms with Crippen LogP contribution in [0, 0.1) is 0 Å². The number of hydrogen-bond donors (Lipinski definition) is 1. The molecule has 0 aromatic heterocycles. The van der Waals surface area contributed by atoms with Crippen molar-refractivity contribution in [3.63, 3.8) is 0 Å². The number of rotatable bonds is 5. The third-order valence-corrected chi connectivity index (χ3v) is 4.64. The predicted molar refractivity (Wildman–Crippen MR) is 91.3 cm³/mol. The first-order valence-corrected chi connectivity index (χ1v) is 8.29. The highest BCUT2D eigenvalue weighted by atomic mass is 16.5. The van der Waals surface area contributed by atoms with E-state index >= 15 is 0 Å². The summed E-state index contributed by atoms with van der Waals surface area (Å²) in [5.41, 5.74) is 1.77. The van der Waals surface area contributed by atoms with Crippen LogP contribution >= 0.6 is 0 Å². The molecule has 0 spiro atoms. The number of nitrogens with one attached hydrogen (secondary N) is 1. The van der Waals surface area contributed by atoms with Gasteiger partial charge < -0.3 is 10.1 Å². The first-order valence-electron chi connectivity index (χ1n) is 8.29. The normalized spacial score (nSPS) is 16.7. The molecule has 3 nitrogen and oxygen atoms in total. The second-order valence-corrected chi connectivity index (χ2v) is 6.07. The maximum absolute atomic E-state index is 12.9. The van der Waals surface area contributed by atoms with Gasteiger partial charge in [-0.2, -0.15) is 0 Å². The Morgan fingerprint density at radius 3 is 2.22 bits per heavy atom. The monoisotopic (exact) mass is 309 g/mol. The fourth-order valence-electron chi connectivity index (χ4n) is 3.27. The Bertz CT molecular complexity index is 619. The van der Waals surface area contributed by atoms with Crippen molar-refractivity contribution in [2.75, 3.05) is 19.7 Å². The minimum absolute atomic E-state index is 0.0823. The summed E-state index contributed by atoms with van der Waals surface area (Å²) in [6.07, 6.45) is 2.35. The van der Waals surface area contributed by atoms with Gasteiger partial charge in [-0.1, -0.05) is 60.7 Å². The molecular weight excluding hydrogens is 286 g/mol. The van der Waals surface area contributed by atoms with Gasteiger partial charge in [0.15, 0.2) is 0 Å². The van der Waals surface area contributed by atoms with Gasteiger partial charge in [0.1, 0.15) is 0 Å². The van der Waals surface area contributed by atoms with Crippen LogP contribution in [0.2, 0.25) is 0 Å². The summed E-state index contributed by atoms with van der Waals surface area (Å²) in [6.45, 7) is 2.14. The molecular formula is C20H23NO2. The van der Waals surface area contributed by atoms with E-state index in [-0.39, 0.29) is 5.97 Å². The van der Waals surface area contributed by atoms with E-state index in [2.05, 4.69) is 17.4 Å². The van der Waals surface area contributed by atoms with Gasteiger partial charge >= 0.3 is 5.97 Å². The first-order chi connectivity index (χ1) is 11.3. The maximum Gasteiger partial charge on any atom is 0.316 e. The summed E-state index contributed by atoms with van der Waals surface area (Å²) >= 11 is 0. The number of benzene rings is 2. The molecule has 2 aromatic rings. The molecule has 3 heteroatoms. The van der Waals surface area contributed by atoms with Crippen LogP contribution in [0.1, 0.15) is 24.0 Å². The van der Waals surface area contributed by atoms with E-state index in [1.54, 1.807) is 0 Å². The lowest BCUT2D eigenvalue weighted by Gasteiger charge is -2.35. The lowest BCUT2D eigenvalue weighted by atomic mass is 9.73. The SMILES string of the molecule is O=C(OCCc1ccccc1)C1(c2ccccc2)CCNCC1. The fraction of sp³-hybridized carbons (Fsp3) is 0.350. The Morgan fingerprint density at radius 1 is 0.957 bits per heavy atom. The molecule has 0 amide bonds. The van der Waals surface area contributed by atoms with Gasteiger partial charge in [-0.15, -0.1) is 0 Å². The molecule has 1 N–H and O–H groups in total. The third-order valence-electron chi connectivity index (χ3n) is 4.64. The summed E-state index contributed by atoms with van der Waals surface area (Å²) in [5.74, 6) is -0.0823. The van der Waals surface area contributed by atoms with Gasteiger partial charge in [-0.05, 0) is 37.1 Å². The summed E-state index contributed by atoms with van der Waals surface area (Å²) in [6, 6.07) is 20.2. The van der Waals surface area contributed by atoms with Crippen LogP contribution in [0.25, 0.3) is 0 Å². The molecule has 0 radical (unpaired) electrons. The highest BCUT2D eigenvalue weighted by molar-refractivity contribution is 5.83. The molecule has 1 fully saturated rings. The topological polar surface area (TPSA) is 38.3 Å². The van der Waals surface area contributed by atoms with Crippen molar-refractivity contribution in [2.45, 2.75) is 24.7 Å². The van der Waals surface area contributed by atoms with Crippen molar-refractivity contribution in [1.29, 1.82) is 0 Å². The number of ether oxygens (including phenoxy) is 1. The maximum atomic E-state index is 12.9. The van der Waals surface area contributed by atoms with Crippen LogP contribution in [0.5, 0.6) is 0 Å². The molecule has 1 aliphatic heterocycles. The van der Waals surface area contributed by atoms with E-state index in [9.17, 15) is 4.79 Å². The molecule has 3 rings (SSSR count). The van der Waals surface area contributed by atoms with Crippen LogP contribution in [0.15, 0.2) is 60.7 Å². The fourth-order valence-corrected chi connectivity index (χ4v) is 3.27. The Labute approximate surface area is 137 Å². The van der Waals surface area contributed by atoms with Crippen molar-refractivity contribution < 1.29 is 9.53 Å². The van der Waals surface area contributed by atoms with E-state index in [0.29, 0.717) is 6.61 Å². The van der Waals surface area contributed by atoms with Crippen molar-refractivity contribution in [1.82, 2.24) is 5.32 Å². The van der Waals surface area contributed by atoms with Crippen LogP contribution in [-0.4, -0.2) is 25.7 Å². The molecule has 1 aliphatic rings. The van der Waals surface area contributed by atoms with Gasteiger partial charge in [-0.3, -0.25) is 4.79 Å². The van der Waals surface area contributed by atoms with E-state index in [1.165, 1.54) is 5.56 Å². The van der Waals surface area contributed by atoms with E-state index in [4.69, 9.17) is 4.74 Å². The zero-order valence-corrected chi connectivity index (χ0v) is 13.3. The summed E-state index contributed by atoms with van der Waals surface area (Å²) in [7, 11) is 0. The van der Waals surface area contributed by atoms with Crippen LogP contribution < -0.4 is 5.32 Å². The summed E-state index contributed by atoms with van der Waals surface area (Å²) in [5, 5.41) is 3.34. The Hall–Kier alpha value is -2.13. The molecule has 0 bridgehead atoms. The third kappa shape index (κ3) is 3.62. The van der Waals surface area contributed by atoms with Gasteiger partial charge in [0.2, 0.25) is 0 Å². The minimum atomic E-state index is -0.497. The van der Waals surface area contributed by atoms with Crippen LogP contribution in [-0.2, 0) is 21.4 Å². The number of carbonyl (C=O) groups excluding carboxylic acids is 1. The van der Waals surface area contributed by atoms with E-state index < -0.39 is 5.41 Å². The lowest BCUT2D eigenvalue weighted by molar-refractivity contribution is -0.151. The van der Waals surface area contributed by atoms with Crippen molar-refractivity contribution in [3.05, 3.63) is 71.8 Å². The summed E-state index contributed by atoms with van der Waals surface area (Å²) in [4.78, 5) is 12.9. The van der Waals surface area contributed by atoms with E-state index in [1.807, 2.05) is 48.5 Å². The lowest BCUT2D eigenvalue weighted by Crippen LogP contribution is -2.46. The first kappa shape index (κ1) is 15.8. The molecule has 0 aliphatic carbocycles. The highest BCUT2D eigenvalue weighted by Gasteiger charge is 2.42. The smallest absolute Gasteiger partial charge is 0.316 e.